The topological polar surface area (TPSA) is 32.3 Å². The van der Waals surface area contributed by atoms with Gasteiger partial charge in [-0.1, -0.05) is 18.2 Å². The molecule has 1 heterocycles. The van der Waals surface area contributed by atoms with Gasteiger partial charge in [0.25, 0.3) is 0 Å². The van der Waals surface area contributed by atoms with Crippen LogP contribution in [0.1, 0.15) is 26.2 Å². The Morgan fingerprint density at radius 1 is 1.00 bits per heavy atom. The lowest BCUT2D eigenvalue weighted by molar-refractivity contribution is -0.115. The minimum atomic E-state index is -0.130. The van der Waals surface area contributed by atoms with Crippen LogP contribution in [0.25, 0.3) is 0 Å². The Balaban J connectivity index is 1.55. The van der Waals surface area contributed by atoms with Crippen LogP contribution in [-0.4, -0.2) is 24.2 Å². The Bertz CT molecular complexity index is 651. The van der Waals surface area contributed by atoms with E-state index in [0.717, 1.165) is 23.7 Å². The van der Waals surface area contributed by atoms with Crippen molar-refractivity contribution >= 4 is 29.0 Å². The van der Waals surface area contributed by atoms with Crippen LogP contribution in [0.4, 0.5) is 11.4 Å². The summed E-state index contributed by atoms with van der Waals surface area (Å²) in [5.41, 5.74) is 2.11. The molecule has 1 saturated heterocycles. The zero-order valence-electron chi connectivity index (χ0n) is 14.1. The fraction of sp³-hybridized carbons (Fsp3) is 0.350. The smallest absolute Gasteiger partial charge is 0.237 e. The average molecular weight is 340 g/mol. The van der Waals surface area contributed by atoms with E-state index in [0.29, 0.717) is 0 Å². The van der Waals surface area contributed by atoms with Gasteiger partial charge in [-0.25, -0.2) is 0 Å². The summed E-state index contributed by atoms with van der Waals surface area (Å²) in [7, 11) is 0. The van der Waals surface area contributed by atoms with Crippen molar-refractivity contribution in [3.63, 3.8) is 0 Å². The number of carbonyl (C=O) groups is 1. The Kier molecular flexibility index (Phi) is 5.81. The molecule has 0 aliphatic carbocycles. The van der Waals surface area contributed by atoms with Gasteiger partial charge in [0, 0.05) is 29.4 Å². The maximum atomic E-state index is 12.4. The van der Waals surface area contributed by atoms with Gasteiger partial charge in [0.1, 0.15) is 0 Å². The fourth-order valence-corrected chi connectivity index (χ4v) is 3.80. The summed E-state index contributed by atoms with van der Waals surface area (Å²) in [4.78, 5) is 15.9. The fourth-order valence-electron chi connectivity index (χ4n) is 2.91. The molecule has 24 heavy (non-hydrogen) atoms. The number of thioether (sulfide) groups is 1. The summed E-state index contributed by atoms with van der Waals surface area (Å²) < 4.78 is 0. The van der Waals surface area contributed by atoms with Crippen LogP contribution in [0.2, 0.25) is 0 Å². The highest BCUT2D eigenvalue weighted by Gasteiger charge is 2.15. The quantitative estimate of drug-likeness (QED) is 0.794. The van der Waals surface area contributed by atoms with Crippen molar-refractivity contribution < 1.29 is 4.79 Å². The maximum absolute atomic E-state index is 12.4. The first-order valence-electron chi connectivity index (χ1n) is 8.60. The summed E-state index contributed by atoms with van der Waals surface area (Å²) in [5, 5.41) is 2.88. The lowest BCUT2D eigenvalue weighted by atomic mass is 10.1. The normalized spacial score (nSPS) is 15.8. The van der Waals surface area contributed by atoms with E-state index >= 15 is 0 Å². The standard InChI is InChI=1S/C20H24N2OS/c1-16(24-19-8-4-2-5-9-19)20(23)21-17-10-12-18(13-11-17)22-14-6-3-7-15-22/h2,4-5,8-13,16H,3,6-7,14-15H2,1H3,(H,21,23)/t16-/m0/s1. The molecule has 126 valence electrons. The van der Waals surface area contributed by atoms with Crippen molar-refractivity contribution in [3.05, 3.63) is 54.6 Å². The van der Waals surface area contributed by atoms with E-state index in [1.807, 2.05) is 49.4 Å². The van der Waals surface area contributed by atoms with Crippen LogP contribution in [-0.2, 0) is 4.79 Å². The molecule has 1 aliphatic rings. The number of benzene rings is 2. The van der Waals surface area contributed by atoms with Gasteiger partial charge < -0.3 is 10.2 Å². The van der Waals surface area contributed by atoms with Gasteiger partial charge in [0.15, 0.2) is 0 Å². The monoisotopic (exact) mass is 340 g/mol. The molecule has 2 aromatic rings. The first-order valence-corrected chi connectivity index (χ1v) is 9.48. The van der Waals surface area contributed by atoms with Gasteiger partial charge in [-0.3, -0.25) is 4.79 Å². The molecule has 1 aliphatic heterocycles. The minimum Gasteiger partial charge on any atom is -0.372 e. The molecule has 3 rings (SSSR count). The number of hydrogen-bond acceptors (Lipinski definition) is 3. The van der Waals surface area contributed by atoms with E-state index in [-0.39, 0.29) is 11.2 Å². The Morgan fingerprint density at radius 3 is 2.33 bits per heavy atom. The lowest BCUT2D eigenvalue weighted by Crippen LogP contribution is -2.29. The van der Waals surface area contributed by atoms with Gasteiger partial charge in [-0.05, 0) is 62.6 Å². The number of rotatable bonds is 5. The van der Waals surface area contributed by atoms with Crippen LogP contribution >= 0.6 is 11.8 Å². The third-order valence-corrected chi connectivity index (χ3v) is 5.39. The molecule has 2 aromatic carbocycles. The summed E-state index contributed by atoms with van der Waals surface area (Å²) in [6, 6.07) is 18.2. The van der Waals surface area contributed by atoms with Crippen molar-refractivity contribution in [2.45, 2.75) is 36.3 Å². The van der Waals surface area contributed by atoms with E-state index < -0.39 is 0 Å². The molecule has 1 atom stereocenters. The molecule has 0 aromatic heterocycles. The van der Waals surface area contributed by atoms with Crippen molar-refractivity contribution in [3.8, 4) is 0 Å². The van der Waals surface area contributed by atoms with E-state index in [1.54, 1.807) is 11.8 Å². The SMILES string of the molecule is C[C@H](Sc1ccccc1)C(=O)Nc1ccc(N2CCCCC2)cc1. The highest BCUT2D eigenvalue weighted by molar-refractivity contribution is 8.00. The maximum Gasteiger partial charge on any atom is 0.237 e. The summed E-state index contributed by atoms with van der Waals surface area (Å²) in [6.07, 6.45) is 3.88. The molecule has 1 fully saturated rings. The van der Waals surface area contributed by atoms with Crippen LogP contribution in [0.3, 0.4) is 0 Å². The Hall–Kier alpha value is -1.94. The third kappa shape index (κ3) is 4.54. The number of hydrogen-bond donors (Lipinski definition) is 1. The van der Waals surface area contributed by atoms with Crippen molar-refractivity contribution in [1.82, 2.24) is 0 Å². The van der Waals surface area contributed by atoms with Crippen LogP contribution < -0.4 is 10.2 Å². The molecule has 1 amide bonds. The largest absolute Gasteiger partial charge is 0.372 e. The highest BCUT2D eigenvalue weighted by atomic mass is 32.2. The van der Waals surface area contributed by atoms with Crippen molar-refractivity contribution in [2.75, 3.05) is 23.3 Å². The summed E-state index contributed by atoms with van der Waals surface area (Å²) in [5.74, 6) is 0.0366. The highest BCUT2D eigenvalue weighted by Crippen LogP contribution is 2.25. The first-order chi connectivity index (χ1) is 11.7. The second-order valence-electron chi connectivity index (χ2n) is 6.16. The van der Waals surface area contributed by atoms with Gasteiger partial charge in [0.2, 0.25) is 5.91 Å². The van der Waals surface area contributed by atoms with Crippen LogP contribution in [0.15, 0.2) is 59.5 Å². The average Bonchev–Trinajstić information content (AvgIpc) is 2.64. The molecule has 0 bridgehead atoms. The Labute approximate surface area is 148 Å². The molecule has 0 spiro atoms. The molecule has 4 heteroatoms. The molecular weight excluding hydrogens is 316 g/mol. The number of piperidine rings is 1. The van der Waals surface area contributed by atoms with Gasteiger partial charge in [0.05, 0.1) is 5.25 Å². The summed E-state index contributed by atoms with van der Waals surface area (Å²) in [6.45, 7) is 4.21. The second kappa shape index (κ2) is 8.25. The molecule has 1 N–H and O–H groups in total. The van der Waals surface area contributed by atoms with Crippen LogP contribution in [0.5, 0.6) is 0 Å². The summed E-state index contributed by atoms with van der Waals surface area (Å²) >= 11 is 1.58. The number of anilines is 2. The van der Waals surface area contributed by atoms with E-state index in [4.69, 9.17) is 0 Å². The first kappa shape index (κ1) is 16.9. The number of nitrogens with one attached hydrogen (secondary N) is 1. The number of carbonyl (C=O) groups excluding carboxylic acids is 1. The molecule has 0 radical (unpaired) electrons. The lowest BCUT2D eigenvalue weighted by Gasteiger charge is -2.28. The minimum absolute atomic E-state index is 0.0366. The van der Waals surface area contributed by atoms with E-state index in [2.05, 4.69) is 22.3 Å². The third-order valence-electron chi connectivity index (χ3n) is 4.28. The predicted molar refractivity (Wildman–Crippen MR) is 103 cm³/mol. The van der Waals surface area contributed by atoms with Gasteiger partial charge in [-0.2, -0.15) is 0 Å². The number of amides is 1. The zero-order valence-corrected chi connectivity index (χ0v) is 14.9. The molecule has 3 nitrogen and oxygen atoms in total. The Morgan fingerprint density at radius 2 is 1.67 bits per heavy atom. The molecular formula is C20H24N2OS. The van der Waals surface area contributed by atoms with Crippen molar-refractivity contribution in [1.29, 1.82) is 0 Å². The zero-order chi connectivity index (χ0) is 16.8. The predicted octanol–water partition coefficient (Wildman–Crippen LogP) is 4.80. The van der Waals surface area contributed by atoms with Gasteiger partial charge in [-0.15, -0.1) is 11.8 Å². The molecule has 0 unspecified atom stereocenters. The van der Waals surface area contributed by atoms with Gasteiger partial charge >= 0.3 is 0 Å². The van der Waals surface area contributed by atoms with E-state index in [1.165, 1.54) is 24.9 Å². The molecule has 0 saturated carbocycles. The van der Waals surface area contributed by atoms with Crippen molar-refractivity contribution in [2.24, 2.45) is 0 Å². The van der Waals surface area contributed by atoms with E-state index in [9.17, 15) is 4.79 Å². The number of nitrogens with zero attached hydrogens (tertiary/aromatic N) is 1. The second-order valence-corrected chi connectivity index (χ2v) is 7.57. The van der Waals surface area contributed by atoms with Crippen LogP contribution in [0, 0.1) is 0 Å².